The van der Waals surface area contributed by atoms with Gasteiger partial charge in [-0.2, -0.15) is 0 Å². The summed E-state index contributed by atoms with van der Waals surface area (Å²) in [5.74, 6) is 0.681. The number of amides is 1. The van der Waals surface area contributed by atoms with Crippen LogP contribution in [0, 0.1) is 0 Å². The molecule has 4 heteroatoms. The van der Waals surface area contributed by atoms with Gasteiger partial charge in [0.25, 0.3) is 0 Å². The van der Waals surface area contributed by atoms with E-state index in [-0.39, 0.29) is 23.0 Å². The first-order valence-electron chi connectivity index (χ1n) is 11.5. The third kappa shape index (κ3) is 5.75. The number of unbranched alkanes of at least 4 members (excludes halogenated alkanes) is 3. The van der Waals surface area contributed by atoms with Gasteiger partial charge in [0.15, 0.2) is 5.78 Å². The number of Topliss-reactive ketones (excluding diaryl/α,β-unsaturated/α-hetero) is 1. The van der Waals surface area contributed by atoms with Gasteiger partial charge in [-0.3, -0.25) is 9.59 Å². The highest BCUT2D eigenvalue weighted by atomic mass is 16.5. The monoisotopic (exact) mass is 421 g/mol. The van der Waals surface area contributed by atoms with Gasteiger partial charge >= 0.3 is 0 Å². The molecule has 2 aromatic rings. The molecule has 1 N–H and O–H groups in total. The molecule has 0 aromatic heterocycles. The largest absolute Gasteiger partial charge is 0.493 e. The molecule has 2 aromatic carbocycles. The first kappa shape index (κ1) is 23.1. The molecule has 0 spiro atoms. The van der Waals surface area contributed by atoms with Crippen LogP contribution in [0.2, 0.25) is 0 Å². The van der Waals surface area contributed by atoms with Crippen molar-refractivity contribution in [2.75, 3.05) is 11.9 Å². The van der Waals surface area contributed by atoms with E-state index < -0.39 is 0 Å². The van der Waals surface area contributed by atoms with Gasteiger partial charge in [0, 0.05) is 11.3 Å². The molecule has 3 rings (SSSR count). The summed E-state index contributed by atoms with van der Waals surface area (Å²) < 4.78 is 5.96. The molecular formula is C27H35NO3. The lowest BCUT2D eigenvalue weighted by Gasteiger charge is -2.33. The van der Waals surface area contributed by atoms with E-state index >= 15 is 0 Å². The van der Waals surface area contributed by atoms with Gasteiger partial charge in [0.2, 0.25) is 5.91 Å². The standard InChI is InChI=1S/C27H35NO3/c1-5-6-7-8-9-23(26(30)28-22-13-10-20(11-14-22)19(2)29)21-12-15-24-25(18-21)31-17-16-27(24,3)4/h10-15,18,23H,5-9,16-17H2,1-4H3,(H,28,30). The number of fused-ring (bicyclic) bond motifs is 1. The summed E-state index contributed by atoms with van der Waals surface area (Å²) in [5.41, 5.74) is 3.66. The van der Waals surface area contributed by atoms with Crippen LogP contribution in [0.5, 0.6) is 5.75 Å². The van der Waals surface area contributed by atoms with E-state index in [2.05, 4.69) is 44.3 Å². The Morgan fingerprint density at radius 1 is 1.06 bits per heavy atom. The van der Waals surface area contributed by atoms with Crippen LogP contribution in [-0.2, 0) is 10.2 Å². The van der Waals surface area contributed by atoms with Crippen molar-refractivity contribution in [2.45, 2.75) is 77.6 Å². The molecule has 0 saturated carbocycles. The van der Waals surface area contributed by atoms with Crippen LogP contribution < -0.4 is 10.1 Å². The van der Waals surface area contributed by atoms with Gasteiger partial charge < -0.3 is 10.1 Å². The number of rotatable bonds is 9. The third-order valence-electron chi connectivity index (χ3n) is 6.34. The normalized spacial score (nSPS) is 15.5. The van der Waals surface area contributed by atoms with Crippen LogP contribution in [0.1, 0.15) is 93.6 Å². The molecule has 0 bridgehead atoms. The summed E-state index contributed by atoms with van der Waals surface area (Å²) in [6.45, 7) is 8.93. The summed E-state index contributed by atoms with van der Waals surface area (Å²) >= 11 is 0. The minimum atomic E-state index is -0.233. The molecule has 1 unspecified atom stereocenters. The summed E-state index contributed by atoms with van der Waals surface area (Å²) in [6, 6.07) is 13.4. The van der Waals surface area contributed by atoms with Crippen LogP contribution in [0.15, 0.2) is 42.5 Å². The molecule has 0 radical (unpaired) electrons. The van der Waals surface area contributed by atoms with E-state index in [0.29, 0.717) is 17.9 Å². The smallest absolute Gasteiger partial charge is 0.231 e. The molecule has 4 nitrogen and oxygen atoms in total. The highest BCUT2D eigenvalue weighted by Gasteiger charge is 2.30. The van der Waals surface area contributed by atoms with E-state index in [1.54, 1.807) is 31.2 Å². The lowest BCUT2D eigenvalue weighted by Crippen LogP contribution is -2.27. The summed E-state index contributed by atoms with van der Waals surface area (Å²) in [7, 11) is 0. The lowest BCUT2D eigenvalue weighted by atomic mass is 9.78. The quantitative estimate of drug-likeness (QED) is 0.365. The Balaban J connectivity index is 1.82. The van der Waals surface area contributed by atoms with Gasteiger partial charge in [-0.05, 0) is 66.6 Å². The summed E-state index contributed by atoms with van der Waals surface area (Å²) in [6.07, 6.45) is 6.29. The Labute approximate surface area is 186 Å². The topological polar surface area (TPSA) is 55.4 Å². The second-order valence-electron chi connectivity index (χ2n) is 9.26. The van der Waals surface area contributed by atoms with Crippen molar-refractivity contribution in [2.24, 2.45) is 0 Å². The minimum absolute atomic E-state index is 0.0120. The molecule has 0 aliphatic carbocycles. The fourth-order valence-electron chi connectivity index (χ4n) is 4.23. The average Bonchev–Trinajstić information content (AvgIpc) is 2.73. The molecule has 1 heterocycles. The van der Waals surface area contributed by atoms with Crippen molar-refractivity contribution in [1.82, 2.24) is 0 Å². The fraction of sp³-hybridized carbons (Fsp3) is 0.481. The zero-order valence-electron chi connectivity index (χ0n) is 19.3. The van der Waals surface area contributed by atoms with Crippen molar-refractivity contribution < 1.29 is 14.3 Å². The van der Waals surface area contributed by atoms with Crippen molar-refractivity contribution in [3.8, 4) is 5.75 Å². The van der Waals surface area contributed by atoms with Gasteiger partial charge in [-0.15, -0.1) is 0 Å². The van der Waals surface area contributed by atoms with Crippen molar-refractivity contribution in [3.63, 3.8) is 0 Å². The molecule has 1 atom stereocenters. The van der Waals surface area contributed by atoms with Gasteiger partial charge in [-0.1, -0.05) is 58.6 Å². The second-order valence-corrected chi connectivity index (χ2v) is 9.26. The molecule has 31 heavy (non-hydrogen) atoms. The van der Waals surface area contributed by atoms with Crippen molar-refractivity contribution in [1.29, 1.82) is 0 Å². The minimum Gasteiger partial charge on any atom is -0.493 e. The van der Waals surface area contributed by atoms with Crippen LogP contribution in [0.4, 0.5) is 5.69 Å². The number of benzene rings is 2. The Morgan fingerprint density at radius 3 is 2.48 bits per heavy atom. The molecule has 166 valence electrons. The maximum Gasteiger partial charge on any atom is 0.231 e. The van der Waals surface area contributed by atoms with Crippen LogP contribution >= 0.6 is 0 Å². The lowest BCUT2D eigenvalue weighted by molar-refractivity contribution is -0.117. The van der Waals surface area contributed by atoms with Crippen molar-refractivity contribution in [3.05, 3.63) is 59.2 Å². The number of carbonyl (C=O) groups is 2. The predicted molar refractivity (Wildman–Crippen MR) is 126 cm³/mol. The van der Waals surface area contributed by atoms with Gasteiger partial charge in [-0.25, -0.2) is 0 Å². The number of ether oxygens (including phenoxy) is 1. The molecule has 0 fully saturated rings. The number of hydrogen-bond donors (Lipinski definition) is 1. The summed E-state index contributed by atoms with van der Waals surface area (Å²) in [5, 5.41) is 3.05. The Hall–Kier alpha value is -2.62. The van der Waals surface area contributed by atoms with E-state index in [4.69, 9.17) is 4.74 Å². The predicted octanol–water partition coefficient (Wildman–Crippen LogP) is 6.64. The molecule has 1 amide bonds. The van der Waals surface area contributed by atoms with E-state index in [9.17, 15) is 9.59 Å². The SMILES string of the molecule is CCCCCCC(C(=O)Nc1ccc(C(C)=O)cc1)c1ccc2c(c1)OCCC2(C)C. The number of hydrogen-bond acceptors (Lipinski definition) is 3. The highest BCUT2D eigenvalue weighted by Crippen LogP contribution is 2.40. The number of nitrogens with one attached hydrogen (secondary N) is 1. The molecular weight excluding hydrogens is 386 g/mol. The Kier molecular flexibility index (Phi) is 7.53. The van der Waals surface area contributed by atoms with Crippen LogP contribution in [-0.4, -0.2) is 18.3 Å². The van der Waals surface area contributed by atoms with Gasteiger partial charge in [0.1, 0.15) is 5.75 Å². The Bertz CT molecular complexity index is 915. The molecule has 1 aliphatic rings. The maximum atomic E-state index is 13.3. The Morgan fingerprint density at radius 2 is 1.81 bits per heavy atom. The van der Waals surface area contributed by atoms with Crippen LogP contribution in [0.3, 0.4) is 0 Å². The fourth-order valence-corrected chi connectivity index (χ4v) is 4.23. The summed E-state index contributed by atoms with van der Waals surface area (Å²) in [4.78, 5) is 24.8. The maximum absolute atomic E-state index is 13.3. The molecule has 1 aliphatic heterocycles. The van der Waals surface area contributed by atoms with E-state index in [0.717, 1.165) is 37.0 Å². The number of ketones is 1. The first-order valence-corrected chi connectivity index (χ1v) is 11.5. The van der Waals surface area contributed by atoms with Crippen LogP contribution in [0.25, 0.3) is 0 Å². The zero-order chi connectivity index (χ0) is 22.4. The second kappa shape index (κ2) is 10.1. The average molecular weight is 422 g/mol. The van der Waals surface area contributed by atoms with Gasteiger partial charge in [0.05, 0.1) is 12.5 Å². The zero-order valence-corrected chi connectivity index (χ0v) is 19.3. The number of carbonyl (C=O) groups excluding carboxylic acids is 2. The first-order chi connectivity index (χ1) is 14.8. The number of anilines is 1. The highest BCUT2D eigenvalue weighted by molar-refractivity contribution is 5.97. The van der Waals surface area contributed by atoms with Crippen molar-refractivity contribution >= 4 is 17.4 Å². The molecule has 0 saturated heterocycles. The van der Waals surface area contributed by atoms with E-state index in [1.165, 1.54) is 18.4 Å². The third-order valence-corrected chi connectivity index (χ3v) is 6.34. The van der Waals surface area contributed by atoms with E-state index in [1.807, 2.05) is 0 Å².